The van der Waals surface area contributed by atoms with Crippen LogP contribution in [-0.4, -0.2) is 5.91 Å². The highest BCUT2D eigenvalue weighted by Gasteiger charge is 2.13. The number of rotatable bonds is 6. The maximum atomic E-state index is 12.5. The number of anilines is 2. The summed E-state index contributed by atoms with van der Waals surface area (Å²) >= 11 is 2.22. The largest absolute Gasteiger partial charge is 0.360 e. The third kappa shape index (κ3) is 5.07. The van der Waals surface area contributed by atoms with Gasteiger partial charge in [0.25, 0.3) is 5.91 Å². The van der Waals surface area contributed by atoms with Crippen molar-refractivity contribution in [2.45, 2.75) is 26.7 Å². The molecule has 25 heavy (non-hydrogen) atoms. The second kappa shape index (κ2) is 9.23. The molecular formula is C20H20IN3O. The number of carbonyl (C=O) groups is 1. The van der Waals surface area contributed by atoms with Gasteiger partial charge in [-0.1, -0.05) is 32.0 Å². The molecule has 0 heterocycles. The average molecular weight is 445 g/mol. The molecule has 4 nitrogen and oxygen atoms in total. The summed E-state index contributed by atoms with van der Waals surface area (Å²) in [6.07, 6.45) is 3.07. The number of nitrogens with one attached hydrogen (secondary N) is 2. The van der Waals surface area contributed by atoms with Crippen molar-refractivity contribution in [3.63, 3.8) is 0 Å². The van der Waals surface area contributed by atoms with Crippen LogP contribution in [0.2, 0.25) is 0 Å². The van der Waals surface area contributed by atoms with Crippen LogP contribution in [0.25, 0.3) is 0 Å². The number of nitriles is 1. The zero-order chi connectivity index (χ0) is 18.2. The number of benzene rings is 2. The van der Waals surface area contributed by atoms with Gasteiger partial charge in [-0.05, 0) is 70.8 Å². The maximum absolute atomic E-state index is 12.5. The summed E-state index contributed by atoms with van der Waals surface area (Å²) < 4.78 is 1.12. The molecule has 0 saturated heterocycles. The van der Waals surface area contributed by atoms with E-state index in [9.17, 15) is 10.1 Å². The Hall–Kier alpha value is -2.33. The molecule has 2 rings (SSSR count). The van der Waals surface area contributed by atoms with Crippen LogP contribution in [0.3, 0.4) is 0 Å². The Morgan fingerprint density at radius 2 is 1.72 bits per heavy atom. The van der Waals surface area contributed by atoms with Crippen LogP contribution in [0.5, 0.6) is 0 Å². The minimum absolute atomic E-state index is 0.0338. The first-order valence-corrected chi connectivity index (χ1v) is 9.21. The van der Waals surface area contributed by atoms with Gasteiger partial charge in [0.05, 0.1) is 0 Å². The van der Waals surface area contributed by atoms with Gasteiger partial charge in [-0.15, -0.1) is 0 Å². The Morgan fingerprint density at radius 3 is 2.24 bits per heavy atom. The summed E-state index contributed by atoms with van der Waals surface area (Å²) in [6, 6.07) is 15.6. The van der Waals surface area contributed by atoms with E-state index in [0.29, 0.717) is 0 Å². The van der Waals surface area contributed by atoms with Crippen molar-refractivity contribution in [3.05, 3.63) is 68.9 Å². The molecule has 2 aromatic rings. The lowest BCUT2D eigenvalue weighted by Crippen LogP contribution is -2.17. The second-order valence-electron chi connectivity index (χ2n) is 5.43. The predicted molar refractivity (Wildman–Crippen MR) is 110 cm³/mol. The van der Waals surface area contributed by atoms with Gasteiger partial charge >= 0.3 is 0 Å². The highest BCUT2D eigenvalue weighted by atomic mass is 127. The zero-order valence-corrected chi connectivity index (χ0v) is 16.4. The molecule has 0 aromatic heterocycles. The Bertz CT molecular complexity index is 798. The molecule has 0 aliphatic carbocycles. The van der Waals surface area contributed by atoms with Crippen molar-refractivity contribution in [1.29, 1.82) is 5.26 Å². The van der Waals surface area contributed by atoms with Gasteiger partial charge in [0, 0.05) is 21.1 Å². The topological polar surface area (TPSA) is 64.9 Å². The molecule has 2 aromatic carbocycles. The molecule has 0 saturated carbocycles. The van der Waals surface area contributed by atoms with Gasteiger partial charge in [0.2, 0.25) is 0 Å². The molecule has 0 aliphatic heterocycles. The molecular weight excluding hydrogens is 425 g/mol. The normalized spacial score (nSPS) is 10.9. The summed E-state index contributed by atoms with van der Waals surface area (Å²) in [7, 11) is 0. The van der Waals surface area contributed by atoms with E-state index >= 15 is 0 Å². The molecule has 0 spiro atoms. The van der Waals surface area contributed by atoms with Gasteiger partial charge in [-0.25, -0.2) is 0 Å². The Kier molecular flexibility index (Phi) is 7.02. The molecule has 0 bridgehead atoms. The highest BCUT2D eigenvalue weighted by Crippen LogP contribution is 2.23. The number of nitrogens with zero attached hydrogens (tertiary/aromatic N) is 1. The fourth-order valence-electron chi connectivity index (χ4n) is 2.43. The van der Waals surface area contributed by atoms with E-state index < -0.39 is 5.91 Å². The Labute approximate surface area is 162 Å². The van der Waals surface area contributed by atoms with Gasteiger partial charge in [-0.3, -0.25) is 4.79 Å². The summed E-state index contributed by atoms with van der Waals surface area (Å²) in [4.78, 5) is 12.5. The third-order valence-corrected chi connectivity index (χ3v) is 4.55. The van der Waals surface area contributed by atoms with Gasteiger partial charge < -0.3 is 10.6 Å². The van der Waals surface area contributed by atoms with Crippen molar-refractivity contribution in [1.82, 2.24) is 0 Å². The lowest BCUT2D eigenvalue weighted by atomic mass is 10.0. The minimum Gasteiger partial charge on any atom is -0.360 e. The smallest absolute Gasteiger partial charge is 0.267 e. The Balaban J connectivity index is 2.19. The van der Waals surface area contributed by atoms with Gasteiger partial charge in [-0.2, -0.15) is 5.26 Å². The highest BCUT2D eigenvalue weighted by molar-refractivity contribution is 14.1. The average Bonchev–Trinajstić information content (AvgIpc) is 2.63. The molecule has 0 fully saturated rings. The van der Waals surface area contributed by atoms with E-state index in [2.05, 4.69) is 33.2 Å². The van der Waals surface area contributed by atoms with Crippen LogP contribution >= 0.6 is 22.6 Å². The van der Waals surface area contributed by atoms with Crippen LogP contribution in [0.15, 0.2) is 54.2 Å². The third-order valence-electron chi connectivity index (χ3n) is 3.83. The molecule has 0 aliphatic rings. The zero-order valence-electron chi connectivity index (χ0n) is 14.3. The first-order valence-electron chi connectivity index (χ1n) is 8.13. The number of aryl methyl sites for hydroxylation is 2. The fraction of sp³-hybridized carbons (Fsp3) is 0.200. The van der Waals surface area contributed by atoms with E-state index in [-0.39, 0.29) is 5.57 Å². The van der Waals surface area contributed by atoms with Gasteiger partial charge in [0.15, 0.2) is 0 Å². The van der Waals surface area contributed by atoms with Crippen LogP contribution in [-0.2, 0) is 17.6 Å². The molecule has 128 valence electrons. The quantitative estimate of drug-likeness (QED) is 0.379. The van der Waals surface area contributed by atoms with Gasteiger partial charge in [0.1, 0.15) is 11.6 Å². The summed E-state index contributed by atoms with van der Waals surface area (Å²) in [5, 5.41) is 15.2. The number of para-hydroxylation sites is 1. The monoisotopic (exact) mass is 445 g/mol. The number of carbonyl (C=O) groups excluding carboxylic acids is 1. The first kappa shape index (κ1) is 19.0. The minimum atomic E-state index is -0.406. The SMILES string of the molecule is CCc1cccc(CC)c1NC(=O)/C(C#N)=C\Nc1ccc(I)cc1. The van der Waals surface area contributed by atoms with Crippen molar-refractivity contribution in [2.75, 3.05) is 10.6 Å². The standard InChI is InChI=1S/C20H20IN3O/c1-3-14-6-5-7-15(4-2)19(14)24-20(25)16(12-22)13-23-18-10-8-17(21)9-11-18/h5-11,13,23H,3-4H2,1-2H3,(H,24,25)/b16-13-. The molecule has 1 amide bonds. The summed E-state index contributed by atoms with van der Waals surface area (Å²) in [5.74, 6) is -0.406. The number of hydrogen-bond donors (Lipinski definition) is 2. The fourth-order valence-corrected chi connectivity index (χ4v) is 2.79. The van der Waals surface area contributed by atoms with Crippen LogP contribution in [0.4, 0.5) is 11.4 Å². The van der Waals surface area contributed by atoms with E-state index in [0.717, 1.165) is 38.9 Å². The molecule has 2 N–H and O–H groups in total. The van der Waals surface area contributed by atoms with E-state index in [1.54, 1.807) is 0 Å². The number of amides is 1. The predicted octanol–water partition coefficient (Wildman–Crippen LogP) is 4.87. The Morgan fingerprint density at radius 1 is 1.12 bits per heavy atom. The summed E-state index contributed by atoms with van der Waals surface area (Å²) in [6.45, 7) is 4.09. The number of halogens is 1. The molecule has 0 unspecified atom stereocenters. The van der Waals surface area contributed by atoms with E-state index in [1.807, 2.05) is 62.4 Å². The van der Waals surface area contributed by atoms with E-state index in [1.165, 1.54) is 6.20 Å². The van der Waals surface area contributed by atoms with Crippen molar-refractivity contribution >= 4 is 39.9 Å². The first-order chi connectivity index (χ1) is 12.1. The summed E-state index contributed by atoms with van der Waals surface area (Å²) in [5.41, 5.74) is 3.80. The van der Waals surface area contributed by atoms with Crippen molar-refractivity contribution < 1.29 is 4.79 Å². The lowest BCUT2D eigenvalue weighted by molar-refractivity contribution is -0.112. The van der Waals surface area contributed by atoms with Crippen molar-refractivity contribution in [2.24, 2.45) is 0 Å². The lowest BCUT2D eigenvalue weighted by Gasteiger charge is -2.14. The van der Waals surface area contributed by atoms with Crippen molar-refractivity contribution in [3.8, 4) is 6.07 Å². The molecule has 0 atom stereocenters. The van der Waals surface area contributed by atoms with E-state index in [4.69, 9.17) is 0 Å². The maximum Gasteiger partial charge on any atom is 0.267 e. The second-order valence-corrected chi connectivity index (χ2v) is 6.68. The molecule has 5 heteroatoms. The van der Waals surface area contributed by atoms with Crippen LogP contribution in [0, 0.1) is 14.9 Å². The van der Waals surface area contributed by atoms with Crippen LogP contribution < -0.4 is 10.6 Å². The number of hydrogen-bond acceptors (Lipinski definition) is 3. The molecule has 0 radical (unpaired) electrons. The van der Waals surface area contributed by atoms with Crippen LogP contribution in [0.1, 0.15) is 25.0 Å².